The number of nitrogens with one attached hydrogen (secondary N) is 2. The Hall–Kier alpha value is -1.72. The molecular formula is C17H20Cl2N2O3. The van der Waals surface area contributed by atoms with Crippen molar-refractivity contribution in [1.29, 1.82) is 0 Å². The van der Waals surface area contributed by atoms with E-state index in [0.29, 0.717) is 33.3 Å². The lowest BCUT2D eigenvalue weighted by molar-refractivity contribution is -0.139. The standard InChI is InChI=1S/C17H20Cl2N2O3/c1-3-5-9-12-14(16(22)24-4-2)15(21-17(23)20-12)13-10(18)7-6-8-11(13)19/h6-8,15H,3-5,9H2,1-2H3,(H2,20,21,23). The van der Waals surface area contributed by atoms with E-state index in [2.05, 4.69) is 10.6 Å². The summed E-state index contributed by atoms with van der Waals surface area (Å²) in [5, 5.41) is 6.22. The van der Waals surface area contributed by atoms with E-state index in [9.17, 15) is 9.59 Å². The van der Waals surface area contributed by atoms with Gasteiger partial charge in [-0.05, 0) is 31.9 Å². The van der Waals surface area contributed by atoms with Crippen LogP contribution < -0.4 is 10.6 Å². The molecule has 0 aromatic heterocycles. The van der Waals surface area contributed by atoms with Crippen molar-refractivity contribution < 1.29 is 14.3 Å². The molecule has 7 heteroatoms. The number of carbonyl (C=O) groups excluding carboxylic acids is 2. The van der Waals surface area contributed by atoms with Crippen molar-refractivity contribution in [1.82, 2.24) is 10.6 Å². The van der Waals surface area contributed by atoms with Crippen molar-refractivity contribution in [2.24, 2.45) is 0 Å². The average Bonchev–Trinajstić information content (AvgIpc) is 2.52. The number of ether oxygens (including phenoxy) is 1. The summed E-state index contributed by atoms with van der Waals surface area (Å²) >= 11 is 12.6. The second-order valence-corrected chi connectivity index (χ2v) is 6.20. The Bertz CT molecular complexity index is 654. The van der Waals surface area contributed by atoms with Gasteiger partial charge in [-0.15, -0.1) is 0 Å². The van der Waals surface area contributed by atoms with Crippen LogP contribution in [0.5, 0.6) is 0 Å². The molecule has 0 spiro atoms. The number of unbranched alkanes of at least 4 members (excludes halogenated alkanes) is 1. The number of allylic oxidation sites excluding steroid dienone is 1. The van der Waals surface area contributed by atoms with Crippen molar-refractivity contribution in [2.75, 3.05) is 6.61 Å². The van der Waals surface area contributed by atoms with Crippen LogP contribution >= 0.6 is 23.2 Å². The van der Waals surface area contributed by atoms with Gasteiger partial charge in [0, 0.05) is 21.3 Å². The molecule has 1 unspecified atom stereocenters. The normalized spacial score (nSPS) is 17.3. The van der Waals surface area contributed by atoms with E-state index in [0.717, 1.165) is 12.8 Å². The van der Waals surface area contributed by atoms with Crippen molar-refractivity contribution in [3.63, 3.8) is 0 Å². The number of hydrogen-bond donors (Lipinski definition) is 2. The largest absolute Gasteiger partial charge is 0.463 e. The zero-order valence-corrected chi connectivity index (χ0v) is 15.1. The molecule has 5 nitrogen and oxygen atoms in total. The first kappa shape index (κ1) is 18.6. The van der Waals surface area contributed by atoms with Gasteiger partial charge in [0.1, 0.15) is 0 Å². The number of benzene rings is 1. The van der Waals surface area contributed by atoms with E-state index in [-0.39, 0.29) is 6.61 Å². The molecule has 1 atom stereocenters. The lowest BCUT2D eigenvalue weighted by Gasteiger charge is -2.30. The maximum absolute atomic E-state index is 12.5. The predicted molar refractivity (Wildman–Crippen MR) is 94.1 cm³/mol. The lowest BCUT2D eigenvalue weighted by atomic mass is 9.93. The SMILES string of the molecule is CCCCC1=C(C(=O)OCC)C(c2c(Cl)cccc2Cl)NC(=O)N1. The average molecular weight is 371 g/mol. The molecule has 0 aliphatic carbocycles. The highest BCUT2D eigenvalue weighted by molar-refractivity contribution is 6.36. The molecule has 1 aliphatic heterocycles. The third-order valence-electron chi connectivity index (χ3n) is 3.72. The maximum Gasteiger partial charge on any atom is 0.338 e. The van der Waals surface area contributed by atoms with Gasteiger partial charge in [0.05, 0.1) is 18.2 Å². The molecule has 2 amide bonds. The summed E-state index contributed by atoms with van der Waals surface area (Å²) < 4.78 is 5.18. The molecule has 0 saturated heterocycles. The molecule has 1 aliphatic rings. The summed E-state index contributed by atoms with van der Waals surface area (Å²) in [6, 6.07) is 3.92. The molecule has 0 radical (unpaired) electrons. The van der Waals surface area contributed by atoms with Gasteiger partial charge in [-0.1, -0.05) is 42.6 Å². The molecule has 2 rings (SSSR count). The van der Waals surface area contributed by atoms with E-state index < -0.39 is 18.0 Å². The van der Waals surface area contributed by atoms with Crippen LogP contribution in [0.3, 0.4) is 0 Å². The first-order valence-corrected chi connectivity index (χ1v) is 8.66. The Labute approximate surface area is 151 Å². The molecular weight excluding hydrogens is 351 g/mol. The highest BCUT2D eigenvalue weighted by atomic mass is 35.5. The molecule has 1 aromatic rings. The Kier molecular flexibility index (Phi) is 6.52. The summed E-state index contributed by atoms with van der Waals surface area (Å²) in [5.41, 5.74) is 1.40. The monoisotopic (exact) mass is 370 g/mol. The molecule has 0 bridgehead atoms. The van der Waals surface area contributed by atoms with Gasteiger partial charge in [0.2, 0.25) is 0 Å². The van der Waals surface area contributed by atoms with E-state index in [1.165, 1.54) is 0 Å². The third kappa shape index (κ3) is 4.02. The van der Waals surface area contributed by atoms with Crippen molar-refractivity contribution in [3.8, 4) is 0 Å². The van der Waals surface area contributed by atoms with Crippen LogP contribution in [0, 0.1) is 0 Å². The number of carbonyl (C=O) groups is 2. The number of esters is 1. The van der Waals surface area contributed by atoms with Gasteiger partial charge in [-0.25, -0.2) is 9.59 Å². The van der Waals surface area contributed by atoms with Crippen LogP contribution in [-0.2, 0) is 9.53 Å². The molecule has 1 aromatic carbocycles. The fraction of sp³-hybridized carbons (Fsp3) is 0.412. The second-order valence-electron chi connectivity index (χ2n) is 5.38. The Balaban J connectivity index is 2.57. The fourth-order valence-electron chi connectivity index (χ4n) is 2.62. The van der Waals surface area contributed by atoms with Crippen LogP contribution in [-0.4, -0.2) is 18.6 Å². The maximum atomic E-state index is 12.5. The van der Waals surface area contributed by atoms with Crippen LogP contribution in [0.25, 0.3) is 0 Å². The lowest BCUT2D eigenvalue weighted by Crippen LogP contribution is -2.46. The minimum Gasteiger partial charge on any atom is -0.463 e. The molecule has 1 heterocycles. The molecule has 0 saturated carbocycles. The number of urea groups is 1. The van der Waals surface area contributed by atoms with E-state index in [1.54, 1.807) is 25.1 Å². The van der Waals surface area contributed by atoms with Gasteiger partial charge in [0.15, 0.2) is 0 Å². The van der Waals surface area contributed by atoms with E-state index in [4.69, 9.17) is 27.9 Å². The zero-order valence-electron chi connectivity index (χ0n) is 13.6. The number of rotatable bonds is 6. The summed E-state index contributed by atoms with van der Waals surface area (Å²) in [7, 11) is 0. The predicted octanol–water partition coefficient (Wildman–Crippen LogP) is 4.35. The quantitative estimate of drug-likeness (QED) is 0.731. The van der Waals surface area contributed by atoms with Crippen molar-refractivity contribution >= 4 is 35.2 Å². The van der Waals surface area contributed by atoms with E-state index in [1.807, 2.05) is 6.92 Å². The summed E-state index contributed by atoms with van der Waals surface area (Å²) in [5.74, 6) is -0.489. The van der Waals surface area contributed by atoms with Crippen LogP contribution in [0.4, 0.5) is 4.79 Å². The van der Waals surface area contributed by atoms with Gasteiger partial charge in [0.25, 0.3) is 0 Å². The smallest absolute Gasteiger partial charge is 0.338 e. The van der Waals surface area contributed by atoms with Crippen molar-refractivity contribution in [2.45, 2.75) is 39.2 Å². The first-order chi connectivity index (χ1) is 11.5. The Morgan fingerprint density at radius 3 is 2.50 bits per heavy atom. The Morgan fingerprint density at radius 2 is 1.92 bits per heavy atom. The van der Waals surface area contributed by atoms with E-state index >= 15 is 0 Å². The first-order valence-electron chi connectivity index (χ1n) is 7.91. The zero-order chi connectivity index (χ0) is 17.7. The van der Waals surface area contributed by atoms with Crippen LogP contribution in [0.1, 0.15) is 44.7 Å². The molecule has 130 valence electrons. The highest BCUT2D eigenvalue weighted by Gasteiger charge is 2.35. The van der Waals surface area contributed by atoms with Crippen LogP contribution in [0.2, 0.25) is 10.0 Å². The van der Waals surface area contributed by atoms with Crippen molar-refractivity contribution in [3.05, 3.63) is 45.1 Å². The molecule has 24 heavy (non-hydrogen) atoms. The fourth-order valence-corrected chi connectivity index (χ4v) is 3.24. The number of hydrogen-bond acceptors (Lipinski definition) is 3. The third-order valence-corrected chi connectivity index (χ3v) is 4.38. The highest BCUT2D eigenvalue weighted by Crippen LogP contribution is 2.37. The van der Waals surface area contributed by atoms with Crippen LogP contribution in [0.15, 0.2) is 29.5 Å². The summed E-state index contributed by atoms with van der Waals surface area (Å²) in [6.45, 7) is 4.01. The summed E-state index contributed by atoms with van der Waals surface area (Å²) in [6.07, 6.45) is 2.33. The van der Waals surface area contributed by atoms with Gasteiger partial charge in [-0.3, -0.25) is 0 Å². The second kappa shape index (κ2) is 8.40. The molecule has 2 N–H and O–H groups in total. The topological polar surface area (TPSA) is 67.4 Å². The minimum atomic E-state index is -0.745. The summed E-state index contributed by atoms with van der Waals surface area (Å²) in [4.78, 5) is 24.6. The Morgan fingerprint density at radius 1 is 1.25 bits per heavy atom. The minimum absolute atomic E-state index is 0.236. The number of amides is 2. The van der Waals surface area contributed by atoms with Gasteiger partial charge < -0.3 is 15.4 Å². The van der Waals surface area contributed by atoms with Gasteiger partial charge in [-0.2, -0.15) is 0 Å². The molecule has 0 fully saturated rings. The van der Waals surface area contributed by atoms with Gasteiger partial charge >= 0.3 is 12.0 Å². The number of halogens is 2.